The third-order valence-electron chi connectivity index (χ3n) is 5.75. The molecule has 2 N–H and O–H groups in total. The van der Waals surface area contributed by atoms with Crippen LogP contribution in [0.1, 0.15) is 0 Å². The van der Waals surface area contributed by atoms with Gasteiger partial charge in [-0.2, -0.15) is 0 Å². The summed E-state index contributed by atoms with van der Waals surface area (Å²) >= 11 is 7.63. The van der Waals surface area contributed by atoms with E-state index in [1.807, 2.05) is 78.9 Å². The van der Waals surface area contributed by atoms with Gasteiger partial charge in [0.2, 0.25) is 11.8 Å². The quantitative estimate of drug-likeness (QED) is 0.217. The minimum atomic E-state index is 0.454. The second-order valence-corrected chi connectivity index (χ2v) is 9.88. The summed E-state index contributed by atoms with van der Waals surface area (Å²) in [4.78, 5) is 14.1. The lowest BCUT2D eigenvalue weighted by molar-refractivity contribution is 0.465. The van der Waals surface area contributed by atoms with Crippen molar-refractivity contribution in [1.29, 1.82) is 0 Å². The Hall–Kier alpha value is -4.60. The van der Waals surface area contributed by atoms with Crippen molar-refractivity contribution >= 4 is 51.2 Å². The van der Waals surface area contributed by atoms with Crippen LogP contribution in [-0.2, 0) is 0 Å². The molecule has 0 fully saturated rings. The van der Waals surface area contributed by atoms with Crippen molar-refractivity contribution in [1.82, 2.24) is 25.1 Å². The van der Waals surface area contributed by atoms with Crippen molar-refractivity contribution in [2.24, 2.45) is 0 Å². The molecular formula is C28H20ClN7OS. The number of ether oxygens (including phenoxy) is 1. The Balaban J connectivity index is 1.25. The first-order valence-electron chi connectivity index (χ1n) is 11.7. The average Bonchev–Trinajstić information content (AvgIpc) is 3.40. The molecule has 186 valence electrons. The predicted octanol–water partition coefficient (Wildman–Crippen LogP) is 7.44. The fraction of sp³-hybridized carbons (Fsp3) is 0.0357. The van der Waals surface area contributed by atoms with Crippen LogP contribution in [0.15, 0.2) is 91.3 Å². The fourth-order valence-corrected chi connectivity index (χ4v) is 5.01. The molecule has 6 rings (SSSR count). The summed E-state index contributed by atoms with van der Waals surface area (Å²) in [6.07, 6.45) is 3.38. The van der Waals surface area contributed by atoms with Crippen LogP contribution >= 0.6 is 22.9 Å². The smallest absolute Gasteiger partial charge is 0.228 e. The number of nitrogens with one attached hydrogen (secondary N) is 2. The zero-order valence-corrected chi connectivity index (χ0v) is 21.7. The van der Waals surface area contributed by atoms with Gasteiger partial charge in [-0.25, -0.2) is 15.0 Å². The number of nitrogens with zero attached hydrogens (tertiary/aromatic N) is 5. The van der Waals surface area contributed by atoms with Crippen LogP contribution in [-0.4, -0.2) is 32.2 Å². The molecule has 0 aliphatic heterocycles. The number of benzene rings is 2. The molecule has 2 aromatic carbocycles. The van der Waals surface area contributed by atoms with Crippen molar-refractivity contribution in [3.8, 4) is 33.5 Å². The maximum absolute atomic E-state index is 6.15. The van der Waals surface area contributed by atoms with Gasteiger partial charge in [0.25, 0.3) is 0 Å². The van der Waals surface area contributed by atoms with Gasteiger partial charge in [0.15, 0.2) is 5.82 Å². The number of hydrogen-bond donors (Lipinski definition) is 2. The van der Waals surface area contributed by atoms with Crippen molar-refractivity contribution in [2.75, 3.05) is 17.7 Å². The topological polar surface area (TPSA) is 97.7 Å². The Labute approximate surface area is 227 Å². The second-order valence-electron chi connectivity index (χ2n) is 8.17. The van der Waals surface area contributed by atoms with Crippen LogP contribution in [0.4, 0.5) is 17.5 Å². The van der Waals surface area contributed by atoms with Gasteiger partial charge in [0.05, 0.1) is 20.5 Å². The average molecular weight is 538 g/mol. The van der Waals surface area contributed by atoms with Gasteiger partial charge in [-0.15, -0.1) is 21.5 Å². The molecule has 38 heavy (non-hydrogen) atoms. The number of halogens is 1. The van der Waals surface area contributed by atoms with E-state index in [9.17, 15) is 0 Å². The van der Waals surface area contributed by atoms with Gasteiger partial charge in [0, 0.05) is 35.9 Å². The van der Waals surface area contributed by atoms with Crippen molar-refractivity contribution in [3.63, 3.8) is 0 Å². The normalized spacial score (nSPS) is 10.9. The maximum Gasteiger partial charge on any atom is 0.228 e. The van der Waals surface area contributed by atoms with E-state index in [1.165, 1.54) is 11.3 Å². The molecule has 0 saturated heterocycles. The lowest BCUT2D eigenvalue weighted by atomic mass is 10.1. The second kappa shape index (κ2) is 10.4. The highest BCUT2D eigenvalue weighted by Gasteiger charge is 2.14. The Morgan fingerprint density at radius 3 is 2.45 bits per heavy atom. The number of hydrogen-bond acceptors (Lipinski definition) is 9. The predicted molar refractivity (Wildman–Crippen MR) is 152 cm³/mol. The SMILES string of the molecule is CNc1nccc(-c2cccnc2Oc2ccc(Nc3nnc(-c4ccc(Cl)s4)c4ccccc34)cc2)n1. The zero-order valence-electron chi connectivity index (χ0n) is 20.1. The number of rotatable bonds is 7. The van der Waals surface area contributed by atoms with E-state index < -0.39 is 0 Å². The molecule has 6 aromatic rings. The van der Waals surface area contributed by atoms with Crippen LogP contribution in [0.2, 0.25) is 4.34 Å². The van der Waals surface area contributed by atoms with Gasteiger partial charge >= 0.3 is 0 Å². The Bertz CT molecular complexity index is 1740. The van der Waals surface area contributed by atoms with Gasteiger partial charge < -0.3 is 15.4 Å². The van der Waals surface area contributed by atoms with Crippen LogP contribution in [0, 0.1) is 0 Å². The van der Waals surface area contributed by atoms with Crippen molar-refractivity contribution in [2.45, 2.75) is 0 Å². The molecular weight excluding hydrogens is 518 g/mol. The molecule has 0 bridgehead atoms. The molecule has 0 atom stereocenters. The third kappa shape index (κ3) is 4.84. The Kier molecular flexibility index (Phi) is 6.51. The summed E-state index contributed by atoms with van der Waals surface area (Å²) in [6, 6.07) is 25.0. The maximum atomic E-state index is 6.15. The molecule has 4 heterocycles. The highest BCUT2D eigenvalue weighted by molar-refractivity contribution is 7.19. The summed E-state index contributed by atoms with van der Waals surface area (Å²) in [5.41, 5.74) is 3.13. The molecule has 0 aliphatic rings. The molecule has 0 radical (unpaired) electrons. The molecule has 0 spiro atoms. The highest BCUT2D eigenvalue weighted by Crippen LogP contribution is 2.36. The lowest BCUT2D eigenvalue weighted by Crippen LogP contribution is -1.99. The molecule has 0 aliphatic carbocycles. The summed E-state index contributed by atoms with van der Waals surface area (Å²) in [7, 11) is 1.78. The fourth-order valence-electron chi connectivity index (χ4n) is 3.97. The van der Waals surface area contributed by atoms with E-state index in [2.05, 4.69) is 35.8 Å². The summed E-state index contributed by atoms with van der Waals surface area (Å²) in [6.45, 7) is 0. The molecule has 4 aromatic heterocycles. The van der Waals surface area contributed by atoms with Crippen molar-refractivity contribution in [3.05, 3.63) is 95.6 Å². The number of fused-ring (bicyclic) bond motifs is 1. The molecule has 8 nitrogen and oxygen atoms in total. The molecule has 0 unspecified atom stereocenters. The number of anilines is 3. The number of pyridine rings is 1. The summed E-state index contributed by atoms with van der Waals surface area (Å²) in [5.74, 6) is 2.28. The van der Waals surface area contributed by atoms with E-state index in [4.69, 9.17) is 16.3 Å². The molecule has 10 heteroatoms. The van der Waals surface area contributed by atoms with E-state index >= 15 is 0 Å². The van der Waals surface area contributed by atoms with E-state index in [-0.39, 0.29) is 0 Å². The number of thiophene rings is 1. The first-order valence-corrected chi connectivity index (χ1v) is 12.9. The first-order chi connectivity index (χ1) is 18.7. The van der Waals surface area contributed by atoms with Gasteiger partial charge in [-0.3, -0.25) is 0 Å². The third-order valence-corrected chi connectivity index (χ3v) is 6.99. The van der Waals surface area contributed by atoms with Gasteiger partial charge in [0.1, 0.15) is 11.4 Å². The minimum Gasteiger partial charge on any atom is -0.438 e. The lowest BCUT2D eigenvalue weighted by Gasteiger charge is -2.12. The van der Waals surface area contributed by atoms with E-state index in [1.54, 1.807) is 19.4 Å². The van der Waals surface area contributed by atoms with Gasteiger partial charge in [-0.05, 0) is 54.6 Å². The van der Waals surface area contributed by atoms with E-state index in [0.29, 0.717) is 33.4 Å². The Morgan fingerprint density at radius 2 is 1.66 bits per heavy atom. The summed E-state index contributed by atoms with van der Waals surface area (Å²) in [5, 5.41) is 17.3. The number of aromatic nitrogens is 5. The van der Waals surface area contributed by atoms with Crippen LogP contribution in [0.25, 0.3) is 32.6 Å². The highest BCUT2D eigenvalue weighted by atomic mass is 35.5. The largest absolute Gasteiger partial charge is 0.438 e. The summed E-state index contributed by atoms with van der Waals surface area (Å²) < 4.78 is 6.84. The van der Waals surface area contributed by atoms with Crippen molar-refractivity contribution < 1.29 is 4.74 Å². The van der Waals surface area contributed by atoms with Crippen LogP contribution in [0.3, 0.4) is 0 Å². The molecule has 0 amide bonds. The van der Waals surface area contributed by atoms with Crippen LogP contribution < -0.4 is 15.4 Å². The minimum absolute atomic E-state index is 0.454. The van der Waals surface area contributed by atoms with E-state index in [0.717, 1.165) is 32.6 Å². The standard InChI is InChI=1S/C28H20ClN7OS/c1-30-28-32-16-14-22(34-28)21-7-4-15-31-27(21)37-18-10-8-17(9-11-18)33-26-20-6-3-2-5-19(20)25(35-36-26)23-12-13-24(29)38-23/h2-16H,1H3,(H,33,36)(H,30,32,34). The van der Waals surface area contributed by atoms with Crippen LogP contribution in [0.5, 0.6) is 11.6 Å². The monoisotopic (exact) mass is 537 g/mol. The Morgan fingerprint density at radius 1 is 0.816 bits per heavy atom. The first kappa shape index (κ1) is 23.8. The zero-order chi connectivity index (χ0) is 25.9. The molecule has 0 saturated carbocycles. The van der Waals surface area contributed by atoms with Gasteiger partial charge in [-0.1, -0.05) is 35.9 Å².